The van der Waals surface area contributed by atoms with Gasteiger partial charge in [0.2, 0.25) is 17.7 Å². The van der Waals surface area contributed by atoms with E-state index in [9.17, 15) is 19.2 Å². The molecule has 2 heterocycles. The van der Waals surface area contributed by atoms with Crippen molar-refractivity contribution in [2.24, 2.45) is 5.92 Å². The van der Waals surface area contributed by atoms with Gasteiger partial charge in [0.25, 0.3) is 5.91 Å². The van der Waals surface area contributed by atoms with Crippen LogP contribution < -0.4 is 20.7 Å². The molecule has 1 aromatic carbocycles. The maximum absolute atomic E-state index is 13.2. The zero-order chi connectivity index (χ0) is 27.5. The summed E-state index contributed by atoms with van der Waals surface area (Å²) in [5.74, 6) is -1.17. The molecule has 3 N–H and O–H groups in total. The lowest BCUT2D eigenvalue weighted by atomic mass is 10.0. The van der Waals surface area contributed by atoms with E-state index in [0.717, 1.165) is 26.1 Å². The summed E-state index contributed by atoms with van der Waals surface area (Å²) in [6, 6.07) is 4.85. The second kappa shape index (κ2) is 14.7. The maximum atomic E-state index is 13.2. The molecular weight excluding hydrogens is 490 g/mol. The number of carbonyl (C=O) groups is 4. The van der Waals surface area contributed by atoms with Gasteiger partial charge >= 0.3 is 0 Å². The molecule has 11 heteroatoms. The van der Waals surface area contributed by atoms with Gasteiger partial charge in [-0.1, -0.05) is 26.0 Å². The summed E-state index contributed by atoms with van der Waals surface area (Å²) < 4.78 is 11.2. The SMILES string of the molecule is CC(C)C[C@@H]1NC(=O)C[C@@H](C(=O)NCCCN2CCOCC2)NC(=O)c2ccccc2OCCN(C)C1=O. The van der Waals surface area contributed by atoms with Crippen LogP contribution in [0, 0.1) is 5.92 Å². The molecule has 38 heavy (non-hydrogen) atoms. The quantitative estimate of drug-likeness (QED) is 0.434. The Hall–Kier alpha value is -3.18. The van der Waals surface area contributed by atoms with Gasteiger partial charge in [-0.25, -0.2) is 0 Å². The van der Waals surface area contributed by atoms with Crippen molar-refractivity contribution in [3.63, 3.8) is 0 Å². The van der Waals surface area contributed by atoms with E-state index in [1.807, 2.05) is 13.8 Å². The van der Waals surface area contributed by atoms with Gasteiger partial charge < -0.3 is 30.3 Å². The van der Waals surface area contributed by atoms with Crippen molar-refractivity contribution in [2.75, 3.05) is 59.6 Å². The highest BCUT2D eigenvalue weighted by molar-refractivity contribution is 6.01. The highest BCUT2D eigenvalue weighted by atomic mass is 16.5. The van der Waals surface area contributed by atoms with Crippen molar-refractivity contribution in [3.8, 4) is 5.75 Å². The lowest BCUT2D eigenvalue weighted by molar-refractivity contribution is -0.136. The topological polar surface area (TPSA) is 129 Å². The summed E-state index contributed by atoms with van der Waals surface area (Å²) in [4.78, 5) is 56.2. The molecule has 1 aromatic rings. The van der Waals surface area contributed by atoms with Crippen LogP contribution in [0.25, 0.3) is 0 Å². The number of morpholine rings is 1. The molecule has 0 radical (unpaired) electrons. The third-order valence-corrected chi connectivity index (χ3v) is 6.60. The van der Waals surface area contributed by atoms with Crippen LogP contribution >= 0.6 is 0 Å². The van der Waals surface area contributed by atoms with Gasteiger partial charge in [0.1, 0.15) is 24.4 Å². The van der Waals surface area contributed by atoms with Crippen LogP contribution in [-0.4, -0.2) is 105 Å². The molecule has 0 unspecified atom stereocenters. The van der Waals surface area contributed by atoms with Crippen molar-refractivity contribution >= 4 is 23.6 Å². The first-order valence-electron chi connectivity index (χ1n) is 13.4. The van der Waals surface area contributed by atoms with Crippen LogP contribution in [0.15, 0.2) is 24.3 Å². The first-order valence-corrected chi connectivity index (χ1v) is 13.4. The van der Waals surface area contributed by atoms with E-state index in [-0.39, 0.29) is 37.0 Å². The van der Waals surface area contributed by atoms with Crippen LogP contribution in [0.3, 0.4) is 0 Å². The van der Waals surface area contributed by atoms with Crippen LogP contribution in [0.4, 0.5) is 0 Å². The van der Waals surface area contributed by atoms with Gasteiger partial charge in [0.05, 0.1) is 31.7 Å². The zero-order valence-electron chi connectivity index (χ0n) is 22.7. The van der Waals surface area contributed by atoms with Gasteiger partial charge in [-0.05, 0) is 37.4 Å². The van der Waals surface area contributed by atoms with Crippen LogP contribution in [-0.2, 0) is 19.1 Å². The van der Waals surface area contributed by atoms with Crippen molar-refractivity contribution in [1.82, 2.24) is 25.8 Å². The fraction of sp³-hybridized carbons (Fsp3) is 0.630. The molecule has 0 saturated carbocycles. The number of hydrogen-bond acceptors (Lipinski definition) is 7. The molecule has 2 aliphatic heterocycles. The number of likely N-dealkylation sites (N-methyl/N-ethyl adjacent to an activating group) is 1. The predicted molar refractivity (Wildman–Crippen MR) is 142 cm³/mol. The molecule has 0 bridgehead atoms. The molecule has 0 aromatic heterocycles. The fourth-order valence-corrected chi connectivity index (χ4v) is 4.49. The molecule has 0 aliphatic carbocycles. The Balaban J connectivity index is 1.74. The van der Waals surface area contributed by atoms with E-state index in [1.165, 1.54) is 4.90 Å². The monoisotopic (exact) mass is 531 g/mol. The van der Waals surface area contributed by atoms with Gasteiger partial charge in [0, 0.05) is 26.7 Å². The number of hydrogen-bond donors (Lipinski definition) is 3. The largest absolute Gasteiger partial charge is 0.491 e. The number of carbonyl (C=O) groups excluding carboxylic acids is 4. The first-order chi connectivity index (χ1) is 18.2. The molecule has 2 atom stereocenters. The second-order valence-electron chi connectivity index (χ2n) is 10.2. The number of amides is 4. The van der Waals surface area contributed by atoms with Gasteiger partial charge in [0.15, 0.2) is 0 Å². The number of rotatable bonds is 7. The Morgan fingerprint density at radius 1 is 1.08 bits per heavy atom. The zero-order valence-corrected chi connectivity index (χ0v) is 22.7. The van der Waals surface area contributed by atoms with E-state index in [4.69, 9.17) is 9.47 Å². The second-order valence-corrected chi connectivity index (χ2v) is 10.2. The molecule has 2 aliphatic rings. The van der Waals surface area contributed by atoms with Crippen LogP contribution in [0.5, 0.6) is 5.75 Å². The summed E-state index contributed by atoms with van der Waals surface area (Å²) in [5.41, 5.74) is 0.252. The Morgan fingerprint density at radius 3 is 2.55 bits per heavy atom. The Bertz CT molecular complexity index is 965. The number of para-hydroxylation sites is 1. The number of fused-ring (bicyclic) bond motifs is 1. The molecule has 4 amide bonds. The molecule has 210 valence electrons. The van der Waals surface area contributed by atoms with Gasteiger partial charge in [-0.3, -0.25) is 24.1 Å². The van der Waals surface area contributed by atoms with E-state index in [2.05, 4.69) is 20.9 Å². The minimum atomic E-state index is -1.12. The highest BCUT2D eigenvalue weighted by Gasteiger charge is 2.30. The molecule has 0 spiro atoms. The maximum Gasteiger partial charge on any atom is 0.255 e. The van der Waals surface area contributed by atoms with Crippen molar-refractivity contribution in [3.05, 3.63) is 29.8 Å². The number of nitrogens with zero attached hydrogens (tertiary/aromatic N) is 2. The lowest BCUT2D eigenvalue weighted by Gasteiger charge is -2.27. The van der Waals surface area contributed by atoms with E-state index in [1.54, 1.807) is 31.3 Å². The smallest absolute Gasteiger partial charge is 0.255 e. The van der Waals surface area contributed by atoms with Gasteiger partial charge in [-0.15, -0.1) is 0 Å². The minimum absolute atomic E-state index is 0.157. The average Bonchev–Trinajstić information content (AvgIpc) is 2.89. The molecule has 1 fully saturated rings. The lowest BCUT2D eigenvalue weighted by Crippen LogP contribution is -2.53. The summed E-state index contributed by atoms with van der Waals surface area (Å²) in [6.07, 6.45) is 0.881. The third kappa shape index (κ3) is 8.98. The Labute approximate surface area is 224 Å². The average molecular weight is 532 g/mol. The van der Waals surface area contributed by atoms with Gasteiger partial charge in [-0.2, -0.15) is 0 Å². The standard InChI is InChI=1S/C27H41N5O6/c1-19(2)17-22-27(36)31(3)11-16-38-23-8-5-4-7-20(23)25(34)30-21(18-24(33)29-22)26(35)28-9-6-10-32-12-14-37-15-13-32/h4-5,7-8,19,21-22H,6,9-18H2,1-3H3,(H,28,35)(H,29,33)(H,30,34)/t21-,22-/m0/s1. The predicted octanol–water partition coefficient (Wildman–Crippen LogP) is 0.395. The van der Waals surface area contributed by atoms with E-state index < -0.39 is 29.8 Å². The van der Waals surface area contributed by atoms with Crippen molar-refractivity contribution in [2.45, 2.75) is 45.2 Å². The van der Waals surface area contributed by atoms with E-state index >= 15 is 0 Å². The Kier molecular flexibility index (Phi) is 11.3. The van der Waals surface area contributed by atoms with Crippen molar-refractivity contribution in [1.29, 1.82) is 0 Å². The summed E-state index contributed by atoms with van der Waals surface area (Å²) in [6.45, 7) is 8.75. The number of ether oxygens (including phenoxy) is 2. The number of benzene rings is 1. The minimum Gasteiger partial charge on any atom is -0.491 e. The fourth-order valence-electron chi connectivity index (χ4n) is 4.49. The summed E-state index contributed by atoms with van der Waals surface area (Å²) in [7, 11) is 1.66. The van der Waals surface area contributed by atoms with Crippen LogP contribution in [0.1, 0.15) is 43.5 Å². The Morgan fingerprint density at radius 2 is 1.82 bits per heavy atom. The normalized spacial score (nSPS) is 22.1. The molecule has 11 nitrogen and oxygen atoms in total. The van der Waals surface area contributed by atoms with E-state index in [0.29, 0.717) is 31.9 Å². The molecular formula is C27H41N5O6. The van der Waals surface area contributed by atoms with Crippen LogP contribution in [0.2, 0.25) is 0 Å². The summed E-state index contributed by atoms with van der Waals surface area (Å²) >= 11 is 0. The third-order valence-electron chi connectivity index (χ3n) is 6.60. The van der Waals surface area contributed by atoms with Crippen molar-refractivity contribution < 1.29 is 28.7 Å². The summed E-state index contributed by atoms with van der Waals surface area (Å²) in [5, 5.41) is 8.35. The number of nitrogens with one attached hydrogen (secondary N) is 3. The first kappa shape index (κ1) is 29.4. The highest BCUT2D eigenvalue weighted by Crippen LogP contribution is 2.19. The molecule has 1 saturated heterocycles. The molecule has 3 rings (SSSR count).